The Morgan fingerprint density at radius 3 is 2.74 bits per heavy atom. The maximum absolute atomic E-state index is 12.9. The molecule has 8 nitrogen and oxygen atoms in total. The number of carbonyl (C=O) groups is 2. The molecule has 2 N–H and O–H groups in total. The van der Waals surface area contributed by atoms with Crippen LogP contribution in [0.15, 0.2) is 48.7 Å². The fraction of sp³-hybridized carbons (Fsp3) is 0.280. The van der Waals surface area contributed by atoms with Crippen LogP contribution in [0, 0.1) is 0 Å². The average molecular weight is 477 g/mol. The second kappa shape index (κ2) is 9.04. The lowest BCUT2D eigenvalue weighted by molar-refractivity contribution is -0.115. The van der Waals surface area contributed by atoms with Gasteiger partial charge in [0.25, 0.3) is 5.91 Å². The molecular weight excluding hydrogens is 452 g/mol. The Morgan fingerprint density at radius 2 is 1.97 bits per heavy atom. The van der Waals surface area contributed by atoms with Gasteiger partial charge in [-0.2, -0.15) is 0 Å². The van der Waals surface area contributed by atoms with E-state index in [2.05, 4.69) is 39.5 Å². The third kappa shape index (κ3) is 4.47. The van der Waals surface area contributed by atoms with Crippen LogP contribution < -0.4 is 10.6 Å². The maximum Gasteiger partial charge on any atom is 0.253 e. The molecular formula is C25H25ClN6O2. The highest BCUT2D eigenvalue weighted by molar-refractivity contribution is 6.31. The van der Waals surface area contributed by atoms with Gasteiger partial charge in [-0.3, -0.25) is 9.59 Å². The normalized spacial score (nSPS) is 17.9. The molecule has 2 amide bonds. The largest absolute Gasteiger partial charge is 0.336 e. The third-order valence-electron chi connectivity index (χ3n) is 6.36. The highest BCUT2D eigenvalue weighted by atomic mass is 35.5. The van der Waals surface area contributed by atoms with Gasteiger partial charge in [-0.1, -0.05) is 11.6 Å². The molecule has 174 valence electrons. The Morgan fingerprint density at radius 1 is 1.18 bits per heavy atom. The molecule has 3 aromatic rings. The van der Waals surface area contributed by atoms with Crippen LogP contribution in [0.3, 0.4) is 0 Å². The minimum Gasteiger partial charge on any atom is -0.336 e. The highest BCUT2D eigenvalue weighted by Crippen LogP contribution is 2.34. The number of hydrogen-bond acceptors (Lipinski definition) is 6. The van der Waals surface area contributed by atoms with Crippen LogP contribution in [0.5, 0.6) is 0 Å². The summed E-state index contributed by atoms with van der Waals surface area (Å²) in [5, 5.41) is 6.62. The second-order valence-corrected chi connectivity index (χ2v) is 9.20. The Hall–Kier alpha value is -3.49. The predicted octanol–water partition coefficient (Wildman–Crippen LogP) is 3.81. The Bertz CT molecular complexity index is 1260. The van der Waals surface area contributed by atoms with E-state index in [0.717, 1.165) is 36.4 Å². The molecule has 1 atom stereocenters. The number of nitrogens with zero attached hydrogens (tertiary/aromatic N) is 4. The number of nitrogens with one attached hydrogen (secondary N) is 2. The number of piperazine rings is 1. The van der Waals surface area contributed by atoms with Crippen LogP contribution in [-0.4, -0.2) is 64.3 Å². The van der Waals surface area contributed by atoms with Crippen molar-refractivity contribution in [2.45, 2.75) is 19.4 Å². The van der Waals surface area contributed by atoms with Gasteiger partial charge in [0.2, 0.25) is 11.9 Å². The van der Waals surface area contributed by atoms with Crippen molar-refractivity contribution >= 4 is 40.7 Å². The van der Waals surface area contributed by atoms with E-state index in [4.69, 9.17) is 11.6 Å². The van der Waals surface area contributed by atoms with Crippen molar-refractivity contribution in [1.29, 1.82) is 0 Å². The molecule has 0 radical (unpaired) electrons. The summed E-state index contributed by atoms with van der Waals surface area (Å²) in [6.45, 7) is 4.46. The molecule has 5 rings (SSSR count). The maximum atomic E-state index is 12.9. The first kappa shape index (κ1) is 22.3. The van der Waals surface area contributed by atoms with Gasteiger partial charge in [-0.25, -0.2) is 9.97 Å². The van der Waals surface area contributed by atoms with Gasteiger partial charge in [-0.15, -0.1) is 0 Å². The molecule has 0 spiro atoms. The van der Waals surface area contributed by atoms with Crippen LogP contribution in [0.4, 0.5) is 17.3 Å². The van der Waals surface area contributed by atoms with E-state index in [1.54, 1.807) is 18.3 Å². The van der Waals surface area contributed by atoms with Crippen molar-refractivity contribution in [3.8, 4) is 11.3 Å². The number of likely N-dealkylation sites (N-methyl/N-ethyl adjacent to an activating group) is 1. The number of fused-ring (bicyclic) bond motifs is 3. The topological polar surface area (TPSA) is 90.5 Å². The molecule has 2 aromatic carbocycles. The molecule has 2 aliphatic rings. The summed E-state index contributed by atoms with van der Waals surface area (Å²) in [6, 6.07) is 13.0. The molecule has 1 aromatic heterocycles. The zero-order chi connectivity index (χ0) is 23.8. The van der Waals surface area contributed by atoms with Crippen molar-refractivity contribution in [3.05, 3.63) is 64.8 Å². The lowest BCUT2D eigenvalue weighted by atomic mass is 10.1. The summed E-state index contributed by atoms with van der Waals surface area (Å²) in [6.07, 6.45) is 1.85. The molecule has 1 unspecified atom stereocenters. The molecule has 3 heterocycles. The van der Waals surface area contributed by atoms with Gasteiger partial charge >= 0.3 is 0 Å². The van der Waals surface area contributed by atoms with Gasteiger partial charge in [0.05, 0.1) is 17.8 Å². The van der Waals surface area contributed by atoms with Crippen LogP contribution in [0.1, 0.15) is 22.8 Å². The number of hydrogen-bond donors (Lipinski definition) is 2. The van der Waals surface area contributed by atoms with E-state index in [1.807, 2.05) is 35.2 Å². The number of amides is 2. The molecule has 0 bridgehead atoms. The van der Waals surface area contributed by atoms with Crippen LogP contribution in [-0.2, 0) is 11.2 Å². The van der Waals surface area contributed by atoms with Crippen molar-refractivity contribution in [2.75, 3.05) is 37.3 Å². The Balaban J connectivity index is 1.35. The van der Waals surface area contributed by atoms with E-state index in [-0.39, 0.29) is 18.2 Å². The SMILES string of the molecule is CC1CN(C(=O)c2ccc(Nc3ncc4c(n3)-c3ccc(Cl)cc3NC(=O)C4)cc2)CCN1C. The van der Waals surface area contributed by atoms with Crippen LogP contribution in [0.25, 0.3) is 11.3 Å². The number of anilines is 3. The highest BCUT2D eigenvalue weighted by Gasteiger charge is 2.25. The summed E-state index contributed by atoms with van der Waals surface area (Å²) in [4.78, 5) is 38.4. The zero-order valence-electron chi connectivity index (χ0n) is 19.0. The van der Waals surface area contributed by atoms with E-state index >= 15 is 0 Å². The number of carbonyl (C=O) groups excluding carboxylic acids is 2. The first-order chi connectivity index (χ1) is 16.4. The quantitative estimate of drug-likeness (QED) is 0.597. The zero-order valence-corrected chi connectivity index (χ0v) is 19.8. The number of rotatable bonds is 3. The van der Waals surface area contributed by atoms with Crippen molar-refractivity contribution in [3.63, 3.8) is 0 Å². The monoisotopic (exact) mass is 476 g/mol. The molecule has 1 fully saturated rings. The minimum atomic E-state index is -0.137. The van der Waals surface area contributed by atoms with Crippen molar-refractivity contribution < 1.29 is 9.59 Å². The number of halogens is 1. The standard InChI is InChI=1S/C25H25ClN6O2/c1-15-14-32(10-9-31(15)2)24(34)16-3-6-19(7-4-16)28-25-27-13-17-11-22(33)29-21-12-18(26)5-8-20(21)23(17)30-25/h3-8,12-13,15H,9-11,14H2,1-2H3,(H,29,33)(H,27,28,30). The summed E-state index contributed by atoms with van der Waals surface area (Å²) in [5.74, 6) is 0.308. The summed E-state index contributed by atoms with van der Waals surface area (Å²) >= 11 is 6.12. The molecule has 34 heavy (non-hydrogen) atoms. The minimum absolute atomic E-state index is 0.0419. The van der Waals surface area contributed by atoms with Gasteiger partial charge < -0.3 is 20.4 Å². The summed E-state index contributed by atoms with van der Waals surface area (Å²) < 4.78 is 0. The van der Waals surface area contributed by atoms with E-state index < -0.39 is 0 Å². The van der Waals surface area contributed by atoms with Gasteiger partial charge in [0, 0.05) is 59.3 Å². The summed E-state index contributed by atoms with van der Waals surface area (Å²) in [7, 11) is 2.08. The molecule has 2 aliphatic heterocycles. The number of aromatic nitrogens is 2. The van der Waals surface area contributed by atoms with Crippen LogP contribution >= 0.6 is 11.6 Å². The smallest absolute Gasteiger partial charge is 0.253 e. The van der Waals surface area contributed by atoms with Crippen LogP contribution in [0.2, 0.25) is 5.02 Å². The van der Waals surface area contributed by atoms with E-state index in [9.17, 15) is 9.59 Å². The molecule has 1 saturated heterocycles. The average Bonchev–Trinajstić information content (AvgIpc) is 2.95. The predicted molar refractivity (Wildman–Crippen MR) is 133 cm³/mol. The fourth-order valence-corrected chi connectivity index (χ4v) is 4.44. The lowest BCUT2D eigenvalue weighted by Crippen LogP contribution is -2.52. The molecule has 9 heteroatoms. The molecule has 0 aliphatic carbocycles. The fourth-order valence-electron chi connectivity index (χ4n) is 4.26. The van der Waals surface area contributed by atoms with Gasteiger partial charge in [-0.05, 0) is 56.4 Å². The van der Waals surface area contributed by atoms with E-state index in [0.29, 0.717) is 34.0 Å². The molecule has 0 saturated carbocycles. The van der Waals surface area contributed by atoms with Crippen molar-refractivity contribution in [1.82, 2.24) is 19.8 Å². The lowest BCUT2D eigenvalue weighted by Gasteiger charge is -2.37. The Labute approximate surface area is 203 Å². The second-order valence-electron chi connectivity index (χ2n) is 8.77. The van der Waals surface area contributed by atoms with Gasteiger partial charge in [0.1, 0.15) is 0 Å². The first-order valence-electron chi connectivity index (χ1n) is 11.2. The first-order valence-corrected chi connectivity index (χ1v) is 11.6. The third-order valence-corrected chi connectivity index (χ3v) is 6.60. The Kier molecular flexibility index (Phi) is 5.93. The van der Waals surface area contributed by atoms with E-state index in [1.165, 1.54) is 0 Å². The summed E-state index contributed by atoms with van der Waals surface area (Å²) in [5.41, 5.74) is 4.26. The van der Waals surface area contributed by atoms with Gasteiger partial charge in [0.15, 0.2) is 0 Å². The number of benzene rings is 2. The van der Waals surface area contributed by atoms with Crippen molar-refractivity contribution in [2.24, 2.45) is 0 Å².